The summed E-state index contributed by atoms with van der Waals surface area (Å²) in [5.41, 5.74) is 1.93. The summed E-state index contributed by atoms with van der Waals surface area (Å²) in [6.07, 6.45) is 3.53. The Kier molecular flexibility index (Phi) is 5.11. The lowest BCUT2D eigenvalue weighted by Gasteiger charge is -2.02. The molecule has 0 saturated heterocycles. The van der Waals surface area contributed by atoms with Gasteiger partial charge in [-0.25, -0.2) is 9.78 Å². The van der Waals surface area contributed by atoms with E-state index in [0.717, 1.165) is 39.4 Å². The molecule has 0 aliphatic rings. The standard InChI is InChI=1S/C16H17NO3S/c1-3-13-14(9-10-15(18)19)21-16(17-13)11-5-7-12(8-6-11)20-4-2/h5-10H,3-4H2,1-2H3,(H,18,19)/b10-9+. The highest BCUT2D eigenvalue weighted by Crippen LogP contribution is 2.30. The Morgan fingerprint density at radius 2 is 2.05 bits per heavy atom. The van der Waals surface area contributed by atoms with Gasteiger partial charge in [0.05, 0.1) is 17.2 Å². The number of hydrogen-bond acceptors (Lipinski definition) is 4. The van der Waals surface area contributed by atoms with E-state index in [0.29, 0.717) is 6.61 Å². The number of carboxylic acids is 1. The first-order valence-electron chi connectivity index (χ1n) is 6.78. The van der Waals surface area contributed by atoms with E-state index in [2.05, 4.69) is 4.98 Å². The van der Waals surface area contributed by atoms with Crippen molar-refractivity contribution in [2.24, 2.45) is 0 Å². The predicted octanol–water partition coefficient (Wildman–Crippen LogP) is 3.87. The van der Waals surface area contributed by atoms with Crippen molar-refractivity contribution < 1.29 is 14.6 Å². The van der Waals surface area contributed by atoms with Crippen molar-refractivity contribution in [1.29, 1.82) is 0 Å². The number of aliphatic carboxylic acids is 1. The van der Waals surface area contributed by atoms with Crippen molar-refractivity contribution in [3.8, 4) is 16.3 Å². The van der Waals surface area contributed by atoms with Crippen LogP contribution >= 0.6 is 11.3 Å². The highest BCUT2D eigenvalue weighted by Gasteiger charge is 2.10. The summed E-state index contributed by atoms with van der Waals surface area (Å²) in [5.74, 6) is -0.118. The summed E-state index contributed by atoms with van der Waals surface area (Å²) in [7, 11) is 0. The molecule has 0 aliphatic heterocycles. The van der Waals surface area contributed by atoms with Gasteiger partial charge in [-0.05, 0) is 43.7 Å². The summed E-state index contributed by atoms with van der Waals surface area (Å²) in [4.78, 5) is 16.1. The van der Waals surface area contributed by atoms with E-state index in [-0.39, 0.29) is 0 Å². The van der Waals surface area contributed by atoms with Crippen molar-refractivity contribution in [2.45, 2.75) is 20.3 Å². The molecule has 0 amide bonds. The number of rotatable bonds is 6. The number of aromatic nitrogens is 1. The molecule has 0 fully saturated rings. The monoisotopic (exact) mass is 303 g/mol. The Hall–Kier alpha value is -2.14. The Labute approximate surface area is 127 Å². The van der Waals surface area contributed by atoms with Crippen LogP contribution < -0.4 is 4.74 Å². The topological polar surface area (TPSA) is 59.4 Å². The first-order valence-corrected chi connectivity index (χ1v) is 7.59. The molecule has 0 atom stereocenters. The zero-order chi connectivity index (χ0) is 15.2. The van der Waals surface area contributed by atoms with Crippen molar-refractivity contribution in [3.05, 3.63) is 40.9 Å². The molecule has 21 heavy (non-hydrogen) atoms. The van der Waals surface area contributed by atoms with Crippen LogP contribution in [-0.4, -0.2) is 22.7 Å². The molecule has 0 spiro atoms. The van der Waals surface area contributed by atoms with E-state index in [1.165, 1.54) is 11.3 Å². The second-order valence-corrected chi connectivity index (χ2v) is 5.34. The lowest BCUT2D eigenvalue weighted by atomic mass is 10.2. The molecule has 2 aromatic rings. The Balaban J connectivity index is 2.29. The highest BCUT2D eigenvalue weighted by atomic mass is 32.1. The van der Waals surface area contributed by atoms with E-state index < -0.39 is 5.97 Å². The van der Waals surface area contributed by atoms with Gasteiger partial charge in [0, 0.05) is 11.6 Å². The van der Waals surface area contributed by atoms with Gasteiger partial charge in [-0.15, -0.1) is 11.3 Å². The van der Waals surface area contributed by atoms with Gasteiger partial charge < -0.3 is 9.84 Å². The van der Waals surface area contributed by atoms with E-state index in [1.807, 2.05) is 38.1 Å². The minimum absolute atomic E-state index is 0.640. The van der Waals surface area contributed by atoms with Gasteiger partial charge >= 0.3 is 5.97 Å². The lowest BCUT2D eigenvalue weighted by molar-refractivity contribution is -0.131. The third-order valence-corrected chi connectivity index (χ3v) is 3.96. The summed E-state index contributed by atoms with van der Waals surface area (Å²) in [6, 6.07) is 7.76. The SMILES string of the molecule is CCOc1ccc(-c2nc(CC)c(/C=C/C(=O)O)s2)cc1. The van der Waals surface area contributed by atoms with Crippen LogP contribution in [-0.2, 0) is 11.2 Å². The normalized spacial score (nSPS) is 11.0. The van der Waals surface area contributed by atoms with Gasteiger partial charge in [0.15, 0.2) is 0 Å². The van der Waals surface area contributed by atoms with Crippen LogP contribution in [0, 0.1) is 0 Å². The second-order valence-electron chi connectivity index (χ2n) is 4.31. The number of carboxylic acid groups (broad SMARTS) is 1. The zero-order valence-corrected chi connectivity index (χ0v) is 12.8. The fraction of sp³-hybridized carbons (Fsp3) is 0.250. The molecule has 0 radical (unpaired) electrons. The molecule has 110 valence electrons. The number of nitrogens with zero attached hydrogens (tertiary/aromatic N) is 1. The van der Waals surface area contributed by atoms with Crippen molar-refractivity contribution >= 4 is 23.4 Å². The molecule has 0 saturated carbocycles. The molecule has 1 heterocycles. The largest absolute Gasteiger partial charge is 0.494 e. The zero-order valence-electron chi connectivity index (χ0n) is 12.0. The van der Waals surface area contributed by atoms with E-state index in [4.69, 9.17) is 9.84 Å². The minimum atomic E-state index is -0.951. The quantitative estimate of drug-likeness (QED) is 0.823. The Morgan fingerprint density at radius 3 is 2.62 bits per heavy atom. The molecule has 5 heteroatoms. The van der Waals surface area contributed by atoms with Crippen LogP contribution in [0.2, 0.25) is 0 Å². The Bertz CT molecular complexity index is 644. The second kappa shape index (κ2) is 7.04. The lowest BCUT2D eigenvalue weighted by Crippen LogP contribution is -1.90. The predicted molar refractivity (Wildman–Crippen MR) is 84.8 cm³/mol. The molecular formula is C16H17NO3S. The molecule has 0 aliphatic carbocycles. The first-order chi connectivity index (χ1) is 10.1. The van der Waals surface area contributed by atoms with Crippen LogP contribution in [0.4, 0.5) is 0 Å². The molecule has 1 aromatic heterocycles. The number of aryl methyl sites for hydroxylation is 1. The van der Waals surface area contributed by atoms with E-state index in [9.17, 15) is 4.79 Å². The molecule has 1 aromatic carbocycles. The van der Waals surface area contributed by atoms with Crippen LogP contribution in [0.3, 0.4) is 0 Å². The van der Waals surface area contributed by atoms with Crippen molar-refractivity contribution in [1.82, 2.24) is 4.98 Å². The van der Waals surface area contributed by atoms with E-state index >= 15 is 0 Å². The molecule has 0 unspecified atom stereocenters. The number of ether oxygens (including phenoxy) is 1. The summed E-state index contributed by atoms with van der Waals surface area (Å²) in [5, 5.41) is 9.62. The summed E-state index contributed by atoms with van der Waals surface area (Å²) in [6.45, 7) is 4.60. The minimum Gasteiger partial charge on any atom is -0.494 e. The van der Waals surface area contributed by atoms with Crippen molar-refractivity contribution in [2.75, 3.05) is 6.61 Å². The number of hydrogen-bond donors (Lipinski definition) is 1. The van der Waals surface area contributed by atoms with Gasteiger partial charge in [-0.2, -0.15) is 0 Å². The number of carbonyl (C=O) groups is 1. The highest BCUT2D eigenvalue weighted by molar-refractivity contribution is 7.16. The smallest absolute Gasteiger partial charge is 0.328 e. The fourth-order valence-electron chi connectivity index (χ4n) is 1.88. The van der Waals surface area contributed by atoms with Crippen LogP contribution in [0.5, 0.6) is 5.75 Å². The fourth-order valence-corrected chi connectivity index (χ4v) is 2.94. The van der Waals surface area contributed by atoms with Crippen LogP contribution in [0.15, 0.2) is 30.3 Å². The first kappa shape index (κ1) is 15.3. The van der Waals surface area contributed by atoms with Crippen LogP contribution in [0.25, 0.3) is 16.6 Å². The summed E-state index contributed by atoms with van der Waals surface area (Å²) < 4.78 is 5.42. The van der Waals surface area contributed by atoms with Gasteiger partial charge in [0.1, 0.15) is 10.8 Å². The molecule has 1 N–H and O–H groups in total. The van der Waals surface area contributed by atoms with E-state index in [1.54, 1.807) is 6.08 Å². The third-order valence-electron chi connectivity index (χ3n) is 2.85. The van der Waals surface area contributed by atoms with Gasteiger partial charge in [0.25, 0.3) is 0 Å². The maximum Gasteiger partial charge on any atom is 0.328 e. The van der Waals surface area contributed by atoms with Gasteiger partial charge in [-0.3, -0.25) is 0 Å². The maximum absolute atomic E-state index is 10.6. The van der Waals surface area contributed by atoms with Crippen molar-refractivity contribution in [3.63, 3.8) is 0 Å². The van der Waals surface area contributed by atoms with Gasteiger partial charge in [0.2, 0.25) is 0 Å². The summed E-state index contributed by atoms with van der Waals surface area (Å²) >= 11 is 1.50. The third kappa shape index (κ3) is 3.92. The Morgan fingerprint density at radius 1 is 1.33 bits per heavy atom. The molecule has 0 bridgehead atoms. The molecular weight excluding hydrogens is 286 g/mol. The average Bonchev–Trinajstić information content (AvgIpc) is 2.89. The molecule has 4 nitrogen and oxygen atoms in total. The number of benzene rings is 1. The average molecular weight is 303 g/mol. The maximum atomic E-state index is 10.6. The number of thiazole rings is 1. The van der Waals surface area contributed by atoms with Gasteiger partial charge in [-0.1, -0.05) is 6.92 Å². The van der Waals surface area contributed by atoms with Crippen LogP contribution in [0.1, 0.15) is 24.4 Å². The molecule has 2 rings (SSSR count).